The van der Waals surface area contributed by atoms with Gasteiger partial charge in [-0.25, -0.2) is 0 Å². The summed E-state index contributed by atoms with van der Waals surface area (Å²) in [7, 11) is 0. The maximum Gasteiger partial charge on any atom is 0.0749 e. The van der Waals surface area contributed by atoms with Crippen molar-refractivity contribution in [2.24, 2.45) is 0 Å². The van der Waals surface area contributed by atoms with Gasteiger partial charge in [0.25, 0.3) is 0 Å². The molecule has 6 aromatic carbocycles. The van der Waals surface area contributed by atoms with Crippen molar-refractivity contribution in [1.82, 2.24) is 4.98 Å². The summed E-state index contributed by atoms with van der Waals surface area (Å²) in [6.45, 7) is 11.5. The van der Waals surface area contributed by atoms with Gasteiger partial charge in [-0.3, -0.25) is 4.98 Å². The Kier molecular flexibility index (Phi) is 4.91. The molecule has 0 spiro atoms. The molecule has 0 saturated carbocycles. The average molecular weight is 528 g/mol. The first-order chi connectivity index (χ1) is 19.7. The molecule has 0 bridgehead atoms. The number of pyridine rings is 1. The van der Waals surface area contributed by atoms with Gasteiger partial charge in [0.2, 0.25) is 0 Å². The molecule has 41 heavy (non-hydrogen) atoms. The Hall–Kier alpha value is -4.49. The molecule has 0 saturated heterocycles. The topological polar surface area (TPSA) is 12.9 Å². The van der Waals surface area contributed by atoms with E-state index in [0.717, 1.165) is 5.69 Å². The molecular weight excluding hydrogens is 494 g/mol. The Labute approximate surface area is 241 Å². The van der Waals surface area contributed by atoms with Crippen molar-refractivity contribution in [3.8, 4) is 22.4 Å². The molecular formula is C40H33N. The summed E-state index contributed by atoms with van der Waals surface area (Å²) in [6.07, 6.45) is 1.99. The molecule has 0 radical (unpaired) electrons. The average Bonchev–Trinajstić information content (AvgIpc) is 3.20. The van der Waals surface area contributed by atoms with Crippen molar-refractivity contribution in [2.75, 3.05) is 0 Å². The molecule has 0 fully saturated rings. The van der Waals surface area contributed by atoms with Crippen molar-refractivity contribution in [1.29, 1.82) is 0 Å². The van der Waals surface area contributed by atoms with Crippen LogP contribution < -0.4 is 0 Å². The molecule has 1 heterocycles. The van der Waals surface area contributed by atoms with Gasteiger partial charge in [0.05, 0.1) is 5.69 Å². The van der Waals surface area contributed by atoms with Crippen LogP contribution in [0.1, 0.15) is 51.3 Å². The number of benzene rings is 6. The summed E-state index contributed by atoms with van der Waals surface area (Å²) in [6, 6.07) is 38.7. The van der Waals surface area contributed by atoms with E-state index in [1.54, 1.807) is 0 Å². The van der Waals surface area contributed by atoms with E-state index in [0.29, 0.717) is 0 Å². The lowest BCUT2D eigenvalue weighted by Gasteiger charge is -2.24. The van der Waals surface area contributed by atoms with Crippen molar-refractivity contribution < 1.29 is 0 Å². The number of nitrogens with zero attached hydrogens (tertiary/aromatic N) is 1. The lowest BCUT2D eigenvalue weighted by Crippen LogP contribution is -2.17. The molecule has 7 aromatic rings. The van der Waals surface area contributed by atoms with Crippen molar-refractivity contribution in [3.05, 3.63) is 126 Å². The SMILES string of the molecule is CC(C)(C)c1ccc2c(ccc3c4cc(-c5nccc6c5C(C)(C)c5cc7ccccc7cc5-6)ccc4ccc23)c1. The zero-order chi connectivity index (χ0) is 28.1. The van der Waals surface area contributed by atoms with E-state index < -0.39 is 0 Å². The highest BCUT2D eigenvalue weighted by molar-refractivity contribution is 6.18. The minimum Gasteiger partial charge on any atom is -0.256 e. The van der Waals surface area contributed by atoms with Crippen LogP contribution in [0.2, 0.25) is 0 Å². The van der Waals surface area contributed by atoms with Gasteiger partial charge in [-0.2, -0.15) is 0 Å². The van der Waals surface area contributed by atoms with E-state index in [1.807, 2.05) is 6.20 Å². The van der Waals surface area contributed by atoms with E-state index >= 15 is 0 Å². The highest BCUT2D eigenvalue weighted by atomic mass is 14.7. The van der Waals surface area contributed by atoms with Gasteiger partial charge in [0, 0.05) is 17.2 Å². The van der Waals surface area contributed by atoms with Crippen LogP contribution >= 0.6 is 0 Å². The monoisotopic (exact) mass is 527 g/mol. The maximum absolute atomic E-state index is 5.04. The van der Waals surface area contributed by atoms with Gasteiger partial charge in [0.15, 0.2) is 0 Å². The van der Waals surface area contributed by atoms with Crippen LogP contribution in [0.25, 0.3) is 65.5 Å². The Morgan fingerprint density at radius 2 is 1.24 bits per heavy atom. The molecule has 0 atom stereocenters. The predicted molar refractivity (Wildman–Crippen MR) is 176 cm³/mol. The summed E-state index contributed by atoms with van der Waals surface area (Å²) in [5, 5.41) is 10.3. The van der Waals surface area contributed by atoms with Gasteiger partial charge >= 0.3 is 0 Å². The Bertz CT molecular complexity index is 2210. The molecule has 1 nitrogen and oxygen atoms in total. The second-order valence-corrected chi connectivity index (χ2v) is 13.3. The van der Waals surface area contributed by atoms with Crippen LogP contribution in [0.3, 0.4) is 0 Å². The number of aromatic nitrogens is 1. The Balaban J connectivity index is 1.34. The molecule has 0 amide bonds. The fourth-order valence-corrected chi connectivity index (χ4v) is 7.14. The smallest absolute Gasteiger partial charge is 0.0749 e. The van der Waals surface area contributed by atoms with E-state index in [4.69, 9.17) is 4.98 Å². The first-order valence-electron chi connectivity index (χ1n) is 14.6. The third kappa shape index (κ3) is 3.51. The lowest BCUT2D eigenvalue weighted by atomic mass is 9.80. The molecule has 8 rings (SSSR count). The quantitative estimate of drug-likeness (QED) is 0.193. The van der Waals surface area contributed by atoms with E-state index in [2.05, 4.69) is 138 Å². The fourth-order valence-electron chi connectivity index (χ4n) is 7.14. The molecule has 0 unspecified atom stereocenters. The molecule has 1 aromatic heterocycles. The maximum atomic E-state index is 5.04. The molecule has 198 valence electrons. The largest absolute Gasteiger partial charge is 0.256 e. The highest BCUT2D eigenvalue weighted by Crippen LogP contribution is 2.52. The van der Waals surface area contributed by atoms with Gasteiger partial charge in [-0.05, 0) is 101 Å². The second kappa shape index (κ2) is 8.27. The third-order valence-corrected chi connectivity index (χ3v) is 9.40. The number of rotatable bonds is 1. The Morgan fingerprint density at radius 1 is 0.561 bits per heavy atom. The van der Waals surface area contributed by atoms with Gasteiger partial charge in [0.1, 0.15) is 0 Å². The minimum absolute atomic E-state index is 0.130. The summed E-state index contributed by atoms with van der Waals surface area (Å²) >= 11 is 0. The van der Waals surface area contributed by atoms with Crippen LogP contribution in [-0.2, 0) is 10.8 Å². The number of hydrogen-bond acceptors (Lipinski definition) is 1. The fraction of sp³-hybridized carbons (Fsp3) is 0.175. The summed E-state index contributed by atoms with van der Waals surface area (Å²) < 4.78 is 0. The van der Waals surface area contributed by atoms with Crippen LogP contribution in [0, 0.1) is 0 Å². The summed E-state index contributed by atoms with van der Waals surface area (Å²) in [5.74, 6) is 0. The molecule has 0 aliphatic heterocycles. The van der Waals surface area contributed by atoms with Gasteiger partial charge in [-0.15, -0.1) is 0 Å². The number of fused-ring (bicyclic) bond motifs is 9. The van der Waals surface area contributed by atoms with Crippen LogP contribution in [0.15, 0.2) is 109 Å². The van der Waals surface area contributed by atoms with E-state index in [9.17, 15) is 0 Å². The summed E-state index contributed by atoms with van der Waals surface area (Å²) in [5.41, 5.74) is 8.96. The van der Waals surface area contributed by atoms with Crippen LogP contribution in [0.5, 0.6) is 0 Å². The Morgan fingerprint density at radius 3 is 2.02 bits per heavy atom. The van der Waals surface area contributed by atoms with E-state index in [-0.39, 0.29) is 10.8 Å². The predicted octanol–water partition coefficient (Wildman–Crippen LogP) is 11.0. The number of hydrogen-bond donors (Lipinski definition) is 0. The molecule has 1 aliphatic carbocycles. The zero-order valence-corrected chi connectivity index (χ0v) is 24.3. The van der Waals surface area contributed by atoms with Crippen molar-refractivity contribution in [2.45, 2.75) is 45.4 Å². The van der Waals surface area contributed by atoms with Gasteiger partial charge in [-0.1, -0.05) is 113 Å². The second-order valence-electron chi connectivity index (χ2n) is 13.3. The van der Waals surface area contributed by atoms with E-state index in [1.165, 1.54) is 76.5 Å². The minimum atomic E-state index is -0.146. The first-order valence-corrected chi connectivity index (χ1v) is 14.6. The van der Waals surface area contributed by atoms with Gasteiger partial charge < -0.3 is 0 Å². The van der Waals surface area contributed by atoms with Crippen LogP contribution in [0.4, 0.5) is 0 Å². The zero-order valence-electron chi connectivity index (χ0n) is 24.3. The molecule has 1 aliphatic rings. The first kappa shape index (κ1) is 24.3. The highest BCUT2D eigenvalue weighted by Gasteiger charge is 2.38. The standard InChI is InChI=1S/C40H33N/c1-39(2,3)29-14-17-30-27(20-29)13-16-32-31(30)15-12-24-10-11-28(22-34(24)32)38-37-33(18-19-41-38)35-21-25-8-6-7-9-26(25)23-36(35)40(37,4)5/h6-23H,1-5H3. The lowest BCUT2D eigenvalue weighted by molar-refractivity contribution is 0.591. The third-order valence-electron chi connectivity index (χ3n) is 9.40. The van der Waals surface area contributed by atoms with Crippen molar-refractivity contribution in [3.63, 3.8) is 0 Å². The normalized spacial score (nSPS) is 14.2. The van der Waals surface area contributed by atoms with Crippen molar-refractivity contribution >= 4 is 43.1 Å². The molecule has 0 N–H and O–H groups in total. The summed E-state index contributed by atoms with van der Waals surface area (Å²) in [4.78, 5) is 5.04. The van der Waals surface area contributed by atoms with Crippen LogP contribution in [-0.4, -0.2) is 4.98 Å². The molecule has 1 heteroatoms.